The number of amides is 2. The van der Waals surface area contributed by atoms with E-state index in [1.54, 1.807) is 11.3 Å². The van der Waals surface area contributed by atoms with Crippen LogP contribution in [-0.4, -0.2) is 46.9 Å². The fraction of sp³-hybridized carbons (Fsp3) is 0.652. The van der Waals surface area contributed by atoms with Crippen LogP contribution >= 0.6 is 23.5 Å². The quantitative estimate of drug-likeness (QED) is 0.471. The Morgan fingerprint density at radius 2 is 2.03 bits per heavy atom. The summed E-state index contributed by atoms with van der Waals surface area (Å²) in [6, 6.07) is 2.82. The summed E-state index contributed by atoms with van der Waals surface area (Å²) in [6.07, 6.45) is 8.74. The summed E-state index contributed by atoms with van der Waals surface area (Å²) >= 11 is 3.18. The molecule has 0 bridgehead atoms. The van der Waals surface area contributed by atoms with E-state index in [-0.39, 0.29) is 6.03 Å². The minimum absolute atomic E-state index is 0.186. The number of likely N-dealkylation sites (tertiary alicyclic amines) is 1. The molecule has 2 fully saturated rings. The maximum Gasteiger partial charge on any atom is 0.330 e. The lowest BCUT2D eigenvalue weighted by molar-refractivity contribution is 0.253. The number of anilines is 2. The molecule has 1 aliphatic carbocycles. The van der Waals surface area contributed by atoms with E-state index in [1.165, 1.54) is 34.7 Å². The van der Waals surface area contributed by atoms with E-state index in [9.17, 15) is 4.79 Å². The normalized spacial score (nSPS) is 19.5. The third-order valence-corrected chi connectivity index (χ3v) is 8.77. The number of hydrogen-bond acceptors (Lipinski definition) is 6. The Bertz CT molecular complexity index is 919. The molecule has 0 radical (unpaired) electrons. The van der Waals surface area contributed by atoms with Gasteiger partial charge in [-0.2, -0.15) is 5.10 Å². The number of likely N-dealkylation sites (N-methyl/N-ethyl adjacent to an activating group) is 1. The highest BCUT2D eigenvalue weighted by molar-refractivity contribution is 7.99. The predicted molar refractivity (Wildman–Crippen MR) is 136 cm³/mol. The van der Waals surface area contributed by atoms with Crippen LogP contribution in [0.1, 0.15) is 81.0 Å². The Labute approximate surface area is 200 Å². The lowest BCUT2D eigenvalue weighted by Crippen LogP contribution is -2.45. The number of aromatic nitrogens is 2. The van der Waals surface area contributed by atoms with Gasteiger partial charge in [-0.3, -0.25) is 13.7 Å². The second-order valence-corrected chi connectivity index (χ2v) is 11.6. The summed E-state index contributed by atoms with van der Waals surface area (Å²) in [6.45, 7) is 10.8. The second kappa shape index (κ2) is 10.1. The zero-order valence-electron chi connectivity index (χ0n) is 19.8. The molecule has 1 aliphatic heterocycles. The number of thiophene rings is 1. The first-order valence-corrected chi connectivity index (χ1v) is 13.3. The number of carbonyl (C=O) groups excluding carboxylic acids is 1. The van der Waals surface area contributed by atoms with E-state index >= 15 is 0 Å². The first kappa shape index (κ1) is 23.4. The maximum atomic E-state index is 12.9. The highest BCUT2D eigenvalue weighted by Gasteiger charge is 2.29. The van der Waals surface area contributed by atoms with Gasteiger partial charge in [-0.05, 0) is 57.2 Å². The molecule has 0 spiro atoms. The molecule has 1 atom stereocenters. The van der Waals surface area contributed by atoms with Crippen LogP contribution < -0.4 is 14.3 Å². The fourth-order valence-electron chi connectivity index (χ4n) is 4.12. The summed E-state index contributed by atoms with van der Waals surface area (Å²) in [5.74, 6) is 0.824. The molecule has 2 N–H and O–H groups in total. The smallest absolute Gasteiger partial charge is 0.306 e. The van der Waals surface area contributed by atoms with Crippen molar-refractivity contribution >= 4 is 40.9 Å². The number of nitrogens with one attached hydrogen (secondary N) is 2. The molecule has 2 aliphatic rings. The van der Waals surface area contributed by atoms with Crippen LogP contribution in [0.3, 0.4) is 0 Å². The van der Waals surface area contributed by atoms with Gasteiger partial charge in [0.05, 0.1) is 41.8 Å². The molecule has 2 aromatic heterocycles. The average molecular weight is 477 g/mol. The Morgan fingerprint density at radius 1 is 1.25 bits per heavy atom. The molecular weight excluding hydrogens is 440 g/mol. The maximum absolute atomic E-state index is 12.9. The van der Waals surface area contributed by atoms with Gasteiger partial charge in [0.2, 0.25) is 0 Å². The lowest BCUT2D eigenvalue weighted by Gasteiger charge is -2.37. The topological polar surface area (TPSA) is 65.4 Å². The highest BCUT2D eigenvalue weighted by atomic mass is 32.2. The average Bonchev–Trinajstić information content (AvgIpc) is 3.31. The summed E-state index contributed by atoms with van der Waals surface area (Å²) in [5.41, 5.74) is 1.99. The molecule has 32 heavy (non-hydrogen) atoms. The van der Waals surface area contributed by atoms with Crippen molar-refractivity contribution in [3.63, 3.8) is 0 Å². The molecule has 3 heterocycles. The Morgan fingerprint density at radius 3 is 2.69 bits per heavy atom. The number of urea groups is 1. The molecule has 2 aromatic rings. The summed E-state index contributed by atoms with van der Waals surface area (Å²) in [4.78, 5) is 17.8. The van der Waals surface area contributed by atoms with Crippen molar-refractivity contribution in [1.82, 2.24) is 19.4 Å². The molecular formula is C23H36N6OS2. The van der Waals surface area contributed by atoms with Crippen LogP contribution in [0.4, 0.5) is 16.2 Å². The lowest BCUT2D eigenvalue weighted by atomic mass is 10.1. The molecule has 176 valence electrons. The van der Waals surface area contributed by atoms with E-state index in [0.29, 0.717) is 23.9 Å². The molecule has 4 rings (SSSR count). The van der Waals surface area contributed by atoms with E-state index in [4.69, 9.17) is 0 Å². The minimum atomic E-state index is -0.186. The van der Waals surface area contributed by atoms with Crippen molar-refractivity contribution in [2.75, 3.05) is 29.8 Å². The molecule has 1 saturated heterocycles. The highest BCUT2D eigenvalue weighted by Crippen LogP contribution is 2.38. The Balaban J connectivity index is 1.45. The molecule has 2 amide bonds. The van der Waals surface area contributed by atoms with Crippen molar-refractivity contribution in [2.24, 2.45) is 0 Å². The van der Waals surface area contributed by atoms with Crippen LogP contribution in [0.5, 0.6) is 0 Å². The number of hydrogen-bond donors (Lipinski definition) is 2. The molecule has 9 heteroatoms. The summed E-state index contributed by atoms with van der Waals surface area (Å²) in [7, 11) is 2.17. The molecule has 7 nitrogen and oxygen atoms in total. The SMILES string of the molecule is CC(C)c1cc(NC(=O)NSN(c2cnn(C3CC3)c2)[C@@H]2CCCN(C)C2)c(C(C)C)s1. The van der Waals surface area contributed by atoms with Gasteiger partial charge >= 0.3 is 6.03 Å². The molecule has 0 aromatic carbocycles. The van der Waals surface area contributed by atoms with E-state index < -0.39 is 0 Å². The van der Waals surface area contributed by atoms with Crippen LogP contribution in [0, 0.1) is 0 Å². The Hall–Kier alpha value is -1.71. The third kappa shape index (κ3) is 5.61. The van der Waals surface area contributed by atoms with Gasteiger partial charge in [-0.25, -0.2) is 4.79 Å². The molecule has 1 saturated carbocycles. The van der Waals surface area contributed by atoms with Crippen molar-refractivity contribution in [1.29, 1.82) is 0 Å². The van der Waals surface area contributed by atoms with Gasteiger partial charge in [0, 0.05) is 22.5 Å². The summed E-state index contributed by atoms with van der Waals surface area (Å²) in [5, 5.41) is 7.68. The second-order valence-electron chi connectivity index (χ2n) is 9.68. The zero-order chi connectivity index (χ0) is 22.8. The van der Waals surface area contributed by atoms with Crippen LogP contribution in [0.2, 0.25) is 0 Å². The molecule has 0 unspecified atom stereocenters. The first-order chi connectivity index (χ1) is 15.3. The van der Waals surface area contributed by atoms with Crippen LogP contribution in [0.25, 0.3) is 0 Å². The zero-order valence-corrected chi connectivity index (χ0v) is 21.4. The van der Waals surface area contributed by atoms with Gasteiger partial charge in [0.25, 0.3) is 0 Å². The van der Waals surface area contributed by atoms with E-state index in [2.05, 4.69) is 76.0 Å². The van der Waals surface area contributed by atoms with Crippen molar-refractivity contribution < 1.29 is 4.79 Å². The van der Waals surface area contributed by atoms with Crippen molar-refractivity contribution in [2.45, 2.75) is 77.3 Å². The predicted octanol–water partition coefficient (Wildman–Crippen LogP) is 5.81. The number of carbonyl (C=O) groups is 1. The van der Waals surface area contributed by atoms with E-state index in [1.807, 2.05) is 6.20 Å². The monoisotopic (exact) mass is 476 g/mol. The number of piperidine rings is 1. The van der Waals surface area contributed by atoms with Crippen molar-refractivity contribution in [3.8, 4) is 0 Å². The van der Waals surface area contributed by atoms with E-state index in [0.717, 1.165) is 37.3 Å². The van der Waals surface area contributed by atoms with Gasteiger partial charge in [-0.15, -0.1) is 11.3 Å². The first-order valence-electron chi connectivity index (χ1n) is 11.7. The van der Waals surface area contributed by atoms with Crippen LogP contribution in [-0.2, 0) is 0 Å². The number of nitrogens with zero attached hydrogens (tertiary/aromatic N) is 4. The van der Waals surface area contributed by atoms with Crippen LogP contribution in [0.15, 0.2) is 18.5 Å². The van der Waals surface area contributed by atoms with Gasteiger partial charge in [0.15, 0.2) is 0 Å². The van der Waals surface area contributed by atoms with Gasteiger partial charge in [-0.1, -0.05) is 27.7 Å². The largest absolute Gasteiger partial charge is 0.330 e. The summed E-state index contributed by atoms with van der Waals surface area (Å²) < 4.78 is 7.35. The number of rotatable bonds is 8. The third-order valence-electron chi connectivity index (χ3n) is 6.05. The Kier molecular flexibility index (Phi) is 7.37. The minimum Gasteiger partial charge on any atom is -0.306 e. The van der Waals surface area contributed by atoms with Gasteiger partial charge < -0.3 is 10.2 Å². The van der Waals surface area contributed by atoms with Crippen molar-refractivity contribution in [3.05, 3.63) is 28.2 Å². The van der Waals surface area contributed by atoms with Gasteiger partial charge in [0.1, 0.15) is 0 Å². The fourth-order valence-corrected chi connectivity index (χ4v) is 6.00. The standard InChI is InChI=1S/C23H36N6OS2/c1-15(2)21-11-20(22(31-21)16(3)4)25-23(30)26-32-29(18-7-6-10-27(5)13-18)19-12-24-28(14-19)17-8-9-17/h11-12,14-18H,6-10,13H2,1-5H3,(H2,25,26,30)/t18-/m1/s1.